The molecule has 2 atom stereocenters. The molecule has 0 aliphatic rings. The van der Waals surface area contributed by atoms with Crippen molar-refractivity contribution >= 4 is 20.1 Å². The Hall–Kier alpha value is -0.983. The Balaban J connectivity index is 5.08. The number of Topliss-reactive ketones (excluding diaryl/α,β-unsaturated/α-hetero) is 1. The van der Waals surface area contributed by atoms with Gasteiger partial charge in [0.05, 0.1) is 12.2 Å². The van der Waals surface area contributed by atoms with Crippen LogP contribution in [0.15, 0.2) is 12.7 Å². The number of ether oxygens (including phenoxy) is 1. The minimum atomic E-state index is -2.07. The molecule has 6 heteroatoms. The number of hydrogen-bond acceptors (Lipinski definition) is 5. The summed E-state index contributed by atoms with van der Waals surface area (Å²) in [6, 6.07) is 0. The van der Waals surface area contributed by atoms with Crippen molar-refractivity contribution in [1.82, 2.24) is 0 Å². The lowest BCUT2D eigenvalue weighted by atomic mass is 9.83. The lowest BCUT2D eigenvalue weighted by molar-refractivity contribution is -0.156. The van der Waals surface area contributed by atoms with E-state index in [1.807, 2.05) is 19.9 Å². The van der Waals surface area contributed by atoms with E-state index >= 15 is 0 Å². The van der Waals surface area contributed by atoms with Gasteiger partial charge in [0.25, 0.3) is 0 Å². The number of rotatable bonds is 10. The van der Waals surface area contributed by atoms with Crippen molar-refractivity contribution in [3.05, 3.63) is 12.7 Å². The molecule has 0 spiro atoms. The Morgan fingerprint density at radius 2 is 1.57 bits per heavy atom. The number of carbonyl (C=O) groups excluding carboxylic acids is 2. The molecule has 0 aromatic carbocycles. The van der Waals surface area contributed by atoms with Crippen molar-refractivity contribution in [3.8, 4) is 0 Å². The molecule has 1 N–H and O–H groups in total. The predicted molar refractivity (Wildman–Crippen MR) is 117 cm³/mol. The fourth-order valence-electron chi connectivity index (χ4n) is 2.37. The number of hydrogen-bond donors (Lipinski definition) is 1. The number of aliphatic hydroxyl groups is 1. The van der Waals surface area contributed by atoms with Crippen molar-refractivity contribution in [3.63, 3.8) is 0 Å². The second-order valence-corrected chi connectivity index (χ2v) is 15.5. The van der Waals surface area contributed by atoms with Crippen molar-refractivity contribution in [2.45, 2.75) is 111 Å². The molecule has 164 valence electrons. The molecule has 0 unspecified atom stereocenters. The van der Waals surface area contributed by atoms with E-state index < -0.39 is 26.0 Å². The van der Waals surface area contributed by atoms with Gasteiger partial charge in [-0.3, -0.25) is 9.59 Å². The number of aliphatic hydroxyl groups excluding tert-OH is 1. The van der Waals surface area contributed by atoms with E-state index in [2.05, 4.69) is 40.4 Å². The third-order valence-electron chi connectivity index (χ3n) is 5.31. The predicted octanol–water partition coefficient (Wildman–Crippen LogP) is 5.03. The average molecular weight is 415 g/mol. The maximum atomic E-state index is 12.2. The van der Waals surface area contributed by atoms with E-state index in [-0.39, 0.29) is 35.2 Å². The molecule has 0 saturated carbocycles. The van der Waals surface area contributed by atoms with E-state index in [9.17, 15) is 14.7 Å². The van der Waals surface area contributed by atoms with E-state index in [1.165, 1.54) is 0 Å². The van der Waals surface area contributed by atoms with Crippen molar-refractivity contribution in [1.29, 1.82) is 0 Å². The monoisotopic (exact) mass is 414 g/mol. The van der Waals surface area contributed by atoms with Crippen LogP contribution in [0.3, 0.4) is 0 Å². The third kappa shape index (κ3) is 9.48. The number of ketones is 1. The topological polar surface area (TPSA) is 72.8 Å². The van der Waals surface area contributed by atoms with Crippen LogP contribution >= 0.6 is 0 Å². The average Bonchev–Trinajstić information content (AvgIpc) is 2.42. The molecule has 0 saturated heterocycles. The molecule has 0 amide bonds. The summed E-state index contributed by atoms with van der Waals surface area (Å²) >= 11 is 0. The summed E-state index contributed by atoms with van der Waals surface area (Å²) in [5.41, 5.74) is -0.989. The van der Waals surface area contributed by atoms with Crippen LogP contribution in [-0.2, 0) is 18.8 Å². The molecule has 0 fully saturated rings. The molecule has 0 aliphatic heterocycles. The highest BCUT2D eigenvalue weighted by molar-refractivity contribution is 6.74. The van der Waals surface area contributed by atoms with Gasteiger partial charge in [-0.1, -0.05) is 40.7 Å². The molecular formula is C22H42O5Si. The van der Waals surface area contributed by atoms with Gasteiger partial charge in [-0.25, -0.2) is 0 Å². The van der Waals surface area contributed by atoms with Crippen LogP contribution in [-0.4, -0.2) is 43.0 Å². The van der Waals surface area contributed by atoms with Gasteiger partial charge in [0, 0.05) is 11.8 Å². The molecule has 0 heterocycles. The zero-order valence-electron chi connectivity index (χ0n) is 19.6. The summed E-state index contributed by atoms with van der Waals surface area (Å²) in [6.45, 7) is 24.0. The fraction of sp³-hybridized carbons (Fsp3) is 0.818. The number of carbonyl (C=O) groups is 2. The molecular weight excluding hydrogens is 372 g/mol. The summed E-state index contributed by atoms with van der Waals surface area (Å²) in [6.07, 6.45) is 0.571. The van der Waals surface area contributed by atoms with Gasteiger partial charge < -0.3 is 14.3 Å². The van der Waals surface area contributed by atoms with Crippen LogP contribution in [0.1, 0.15) is 74.7 Å². The van der Waals surface area contributed by atoms with Crippen LogP contribution in [0.2, 0.25) is 18.1 Å². The minimum Gasteiger partial charge on any atom is -0.460 e. The highest BCUT2D eigenvalue weighted by Gasteiger charge is 2.42. The lowest BCUT2D eigenvalue weighted by Gasteiger charge is -2.44. The molecule has 0 aromatic heterocycles. The normalized spacial score (nSPS) is 15.7. The van der Waals surface area contributed by atoms with Gasteiger partial charge in [-0.05, 0) is 45.3 Å². The molecule has 28 heavy (non-hydrogen) atoms. The summed E-state index contributed by atoms with van der Waals surface area (Å²) in [4.78, 5) is 24.0. The Morgan fingerprint density at radius 3 is 1.96 bits per heavy atom. The summed E-state index contributed by atoms with van der Waals surface area (Å²) in [5, 5.41) is 10.5. The van der Waals surface area contributed by atoms with E-state index in [4.69, 9.17) is 9.16 Å². The maximum absolute atomic E-state index is 12.2. The minimum absolute atomic E-state index is 0.0278. The summed E-state index contributed by atoms with van der Waals surface area (Å²) in [5.74, 6) is -0.894. The zero-order chi connectivity index (χ0) is 22.6. The smallest absolute Gasteiger partial charge is 0.313 e. The second-order valence-electron chi connectivity index (χ2n) is 10.8. The van der Waals surface area contributed by atoms with E-state index in [0.29, 0.717) is 6.42 Å². The lowest BCUT2D eigenvalue weighted by Crippen LogP contribution is -2.48. The Bertz CT molecular complexity index is 552. The molecule has 0 aromatic rings. The van der Waals surface area contributed by atoms with Gasteiger partial charge in [-0.2, -0.15) is 0 Å². The van der Waals surface area contributed by atoms with Crippen LogP contribution in [0, 0.1) is 5.41 Å². The first-order valence-corrected chi connectivity index (χ1v) is 12.9. The van der Waals surface area contributed by atoms with Crippen molar-refractivity contribution in [2.75, 3.05) is 0 Å². The molecule has 0 rings (SSSR count). The van der Waals surface area contributed by atoms with Crippen molar-refractivity contribution in [2.24, 2.45) is 5.41 Å². The molecule has 0 bridgehead atoms. The Morgan fingerprint density at radius 1 is 1.07 bits per heavy atom. The Kier molecular flexibility index (Phi) is 9.34. The van der Waals surface area contributed by atoms with Gasteiger partial charge in [0.1, 0.15) is 17.8 Å². The van der Waals surface area contributed by atoms with E-state index in [0.717, 1.165) is 0 Å². The van der Waals surface area contributed by atoms with Crippen LogP contribution < -0.4 is 0 Å². The fourth-order valence-corrected chi connectivity index (χ4v) is 3.84. The highest BCUT2D eigenvalue weighted by atomic mass is 28.4. The first kappa shape index (κ1) is 27.0. The SMILES string of the molecule is C=CC(C)(C)[C@H](C[C@H](O)CC(=O)CC(=O)OC(C)(C)C)O[Si](C)(C)C(C)(C)C. The molecule has 5 nitrogen and oxygen atoms in total. The number of esters is 1. The molecule has 0 radical (unpaired) electrons. The van der Waals surface area contributed by atoms with Gasteiger partial charge >= 0.3 is 5.97 Å². The Labute approximate surface area is 173 Å². The quantitative estimate of drug-likeness (QED) is 0.235. The van der Waals surface area contributed by atoms with E-state index in [1.54, 1.807) is 20.8 Å². The van der Waals surface area contributed by atoms with Crippen molar-refractivity contribution < 1.29 is 23.9 Å². The second kappa shape index (κ2) is 9.68. The summed E-state index contributed by atoms with van der Waals surface area (Å²) in [7, 11) is -2.07. The van der Waals surface area contributed by atoms with Gasteiger partial charge in [0.15, 0.2) is 8.32 Å². The van der Waals surface area contributed by atoms with Crippen LogP contribution in [0.5, 0.6) is 0 Å². The zero-order valence-corrected chi connectivity index (χ0v) is 20.6. The van der Waals surface area contributed by atoms with Crippen LogP contribution in [0.25, 0.3) is 0 Å². The maximum Gasteiger partial charge on any atom is 0.313 e. The van der Waals surface area contributed by atoms with Gasteiger partial charge in [-0.15, -0.1) is 6.58 Å². The van der Waals surface area contributed by atoms with Gasteiger partial charge in [0.2, 0.25) is 0 Å². The first-order valence-electron chi connectivity index (χ1n) is 10.0. The molecule has 0 aliphatic carbocycles. The first-order chi connectivity index (χ1) is 12.3. The standard InChI is InChI=1S/C22H42O5Si/c1-12-22(8,9)18(27-28(10,11)21(5,6)7)14-16(23)13-17(24)15-19(25)26-20(2,3)4/h12,16,18,23H,1,13-15H2,2-11H3/t16-,18+/m1/s1. The van der Waals surface area contributed by atoms with Crippen LogP contribution in [0.4, 0.5) is 0 Å². The third-order valence-corrected chi connectivity index (χ3v) is 9.80. The summed E-state index contributed by atoms with van der Waals surface area (Å²) < 4.78 is 11.7. The highest BCUT2D eigenvalue weighted by Crippen LogP contribution is 2.41. The largest absolute Gasteiger partial charge is 0.460 e.